The molecule has 0 aliphatic rings. The Bertz CT molecular complexity index is 868. The number of aromatic nitrogens is 1. The van der Waals surface area contributed by atoms with E-state index in [1.165, 1.54) is 0 Å². The van der Waals surface area contributed by atoms with Gasteiger partial charge < -0.3 is 9.47 Å². The van der Waals surface area contributed by atoms with Crippen molar-refractivity contribution < 1.29 is 9.47 Å². The standard InChI is InChI=1S/C17H12Cl3NO2/c1-22-12-7-13(23-2)17(20)15(16(12)19)10-4-3-9-6-14(18)21-8-11(9)5-10/h3-8H,1-2H3. The van der Waals surface area contributed by atoms with Crippen molar-refractivity contribution in [1.82, 2.24) is 4.98 Å². The Morgan fingerprint density at radius 2 is 1.48 bits per heavy atom. The lowest BCUT2D eigenvalue weighted by atomic mass is 10.0. The molecule has 3 rings (SSSR count). The Kier molecular flexibility index (Phi) is 4.53. The SMILES string of the molecule is COc1cc(OC)c(Cl)c(-c2ccc3cc(Cl)ncc3c2)c1Cl. The van der Waals surface area contributed by atoms with E-state index in [4.69, 9.17) is 44.3 Å². The number of hydrogen-bond acceptors (Lipinski definition) is 3. The predicted molar refractivity (Wildman–Crippen MR) is 95.3 cm³/mol. The van der Waals surface area contributed by atoms with Crippen LogP contribution in [-0.4, -0.2) is 19.2 Å². The Hall–Kier alpha value is -1.68. The summed E-state index contributed by atoms with van der Waals surface area (Å²) in [6.07, 6.45) is 1.71. The number of hydrogen-bond donors (Lipinski definition) is 0. The monoisotopic (exact) mass is 367 g/mol. The highest BCUT2D eigenvalue weighted by molar-refractivity contribution is 6.41. The van der Waals surface area contributed by atoms with Crippen molar-refractivity contribution in [3.05, 3.63) is 51.7 Å². The summed E-state index contributed by atoms with van der Waals surface area (Å²) in [6, 6.07) is 9.28. The fourth-order valence-electron chi connectivity index (χ4n) is 2.41. The zero-order valence-electron chi connectivity index (χ0n) is 12.4. The van der Waals surface area contributed by atoms with Crippen molar-refractivity contribution in [2.75, 3.05) is 14.2 Å². The van der Waals surface area contributed by atoms with E-state index in [0.717, 1.165) is 16.3 Å². The van der Waals surface area contributed by atoms with Crippen LogP contribution in [0.2, 0.25) is 15.2 Å². The van der Waals surface area contributed by atoms with E-state index < -0.39 is 0 Å². The van der Waals surface area contributed by atoms with Gasteiger partial charge in [-0.15, -0.1) is 0 Å². The summed E-state index contributed by atoms with van der Waals surface area (Å²) >= 11 is 18.8. The van der Waals surface area contributed by atoms with E-state index in [-0.39, 0.29) is 0 Å². The van der Waals surface area contributed by atoms with Gasteiger partial charge in [-0.25, -0.2) is 4.98 Å². The van der Waals surface area contributed by atoms with Gasteiger partial charge in [0.1, 0.15) is 16.7 Å². The first-order valence-electron chi connectivity index (χ1n) is 6.70. The summed E-state index contributed by atoms with van der Waals surface area (Å²) in [4.78, 5) is 4.10. The summed E-state index contributed by atoms with van der Waals surface area (Å²) < 4.78 is 10.6. The molecule has 1 heterocycles. The minimum Gasteiger partial charge on any atom is -0.495 e. The van der Waals surface area contributed by atoms with Crippen LogP contribution < -0.4 is 9.47 Å². The highest BCUT2D eigenvalue weighted by Gasteiger charge is 2.18. The minimum atomic E-state index is 0.430. The van der Waals surface area contributed by atoms with E-state index in [1.807, 2.05) is 18.2 Å². The third kappa shape index (κ3) is 2.92. The van der Waals surface area contributed by atoms with Gasteiger partial charge in [0.25, 0.3) is 0 Å². The van der Waals surface area contributed by atoms with Crippen LogP contribution in [0.3, 0.4) is 0 Å². The zero-order valence-corrected chi connectivity index (χ0v) is 14.6. The molecular weight excluding hydrogens is 357 g/mol. The molecule has 3 aromatic rings. The first kappa shape index (κ1) is 16.2. The molecule has 0 saturated carbocycles. The lowest BCUT2D eigenvalue weighted by molar-refractivity contribution is 0.395. The van der Waals surface area contributed by atoms with Gasteiger partial charge in [0, 0.05) is 23.2 Å². The summed E-state index contributed by atoms with van der Waals surface area (Å²) in [6.45, 7) is 0. The Labute approximate surface area is 148 Å². The lowest BCUT2D eigenvalue weighted by Crippen LogP contribution is -1.93. The molecule has 0 N–H and O–H groups in total. The number of halogens is 3. The zero-order chi connectivity index (χ0) is 16.6. The molecule has 0 bridgehead atoms. The van der Waals surface area contributed by atoms with Crippen molar-refractivity contribution in [1.29, 1.82) is 0 Å². The van der Waals surface area contributed by atoms with Gasteiger partial charge in [-0.2, -0.15) is 0 Å². The Morgan fingerprint density at radius 3 is 2.09 bits per heavy atom. The molecule has 0 radical (unpaired) electrons. The van der Waals surface area contributed by atoms with Gasteiger partial charge in [-0.05, 0) is 23.1 Å². The molecule has 1 aromatic heterocycles. The molecule has 23 heavy (non-hydrogen) atoms. The fourth-order valence-corrected chi connectivity index (χ4v) is 3.29. The van der Waals surface area contributed by atoms with E-state index in [9.17, 15) is 0 Å². The van der Waals surface area contributed by atoms with Crippen LogP contribution in [-0.2, 0) is 0 Å². The van der Waals surface area contributed by atoms with Gasteiger partial charge in [0.2, 0.25) is 0 Å². The number of benzene rings is 2. The van der Waals surface area contributed by atoms with E-state index in [0.29, 0.717) is 32.3 Å². The minimum absolute atomic E-state index is 0.430. The van der Waals surface area contributed by atoms with Gasteiger partial charge >= 0.3 is 0 Å². The molecule has 0 saturated heterocycles. The van der Waals surface area contributed by atoms with Gasteiger partial charge in [-0.3, -0.25) is 0 Å². The first-order valence-corrected chi connectivity index (χ1v) is 7.84. The van der Waals surface area contributed by atoms with Crippen LogP contribution in [0.4, 0.5) is 0 Å². The molecule has 6 heteroatoms. The number of nitrogens with zero attached hydrogens (tertiary/aromatic N) is 1. The third-order valence-corrected chi connectivity index (χ3v) is 4.51. The van der Waals surface area contributed by atoms with Gasteiger partial charge in [0.15, 0.2) is 0 Å². The van der Waals surface area contributed by atoms with Gasteiger partial charge in [-0.1, -0.05) is 46.9 Å². The number of methoxy groups -OCH3 is 2. The summed E-state index contributed by atoms with van der Waals surface area (Å²) in [5, 5.41) is 3.22. The van der Waals surface area contributed by atoms with Crippen LogP contribution in [0.5, 0.6) is 11.5 Å². The van der Waals surface area contributed by atoms with Crippen LogP contribution in [0.15, 0.2) is 36.5 Å². The summed E-state index contributed by atoms with van der Waals surface area (Å²) in [5.41, 5.74) is 1.50. The molecule has 118 valence electrons. The number of ether oxygens (including phenoxy) is 2. The highest BCUT2D eigenvalue weighted by atomic mass is 35.5. The molecule has 0 aliphatic carbocycles. The van der Waals surface area contributed by atoms with Crippen LogP contribution in [0.1, 0.15) is 0 Å². The van der Waals surface area contributed by atoms with Crippen LogP contribution in [0, 0.1) is 0 Å². The second kappa shape index (κ2) is 6.44. The fraction of sp³-hybridized carbons (Fsp3) is 0.118. The summed E-state index contributed by atoms with van der Waals surface area (Å²) in [7, 11) is 3.09. The summed E-state index contributed by atoms with van der Waals surface area (Å²) in [5.74, 6) is 0.995. The Balaban J connectivity index is 2.27. The largest absolute Gasteiger partial charge is 0.495 e. The molecule has 3 nitrogen and oxygen atoms in total. The molecule has 0 spiro atoms. The quantitative estimate of drug-likeness (QED) is 0.541. The van der Waals surface area contributed by atoms with E-state index in [2.05, 4.69) is 4.98 Å². The maximum Gasteiger partial charge on any atom is 0.141 e. The first-order chi connectivity index (χ1) is 11.0. The number of pyridine rings is 1. The maximum atomic E-state index is 6.45. The highest BCUT2D eigenvalue weighted by Crippen LogP contribution is 2.46. The second-order valence-corrected chi connectivity index (χ2v) is 6.00. The van der Waals surface area contributed by atoms with E-state index in [1.54, 1.807) is 32.5 Å². The smallest absolute Gasteiger partial charge is 0.141 e. The Morgan fingerprint density at radius 1 is 0.826 bits per heavy atom. The predicted octanol–water partition coefficient (Wildman–Crippen LogP) is 5.88. The number of rotatable bonds is 3. The van der Waals surface area contributed by atoms with Gasteiger partial charge in [0.05, 0.1) is 24.3 Å². The lowest BCUT2D eigenvalue weighted by Gasteiger charge is -2.15. The molecule has 0 amide bonds. The molecule has 0 fully saturated rings. The van der Waals surface area contributed by atoms with Crippen molar-refractivity contribution in [3.8, 4) is 22.6 Å². The van der Waals surface area contributed by atoms with Crippen molar-refractivity contribution in [2.45, 2.75) is 0 Å². The average molecular weight is 369 g/mol. The van der Waals surface area contributed by atoms with Crippen LogP contribution in [0.25, 0.3) is 21.9 Å². The molecule has 0 atom stereocenters. The average Bonchev–Trinajstić information content (AvgIpc) is 2.55. The topological polar surface area (TPSA) is 31.4 Å². The number of fused-ring (bicyclic) bond motifs is 1. The normalized spacial score (nSPS) is 10.8. The van der Waals surface area contributed by atoms with Crippen LogP contribution >= 0.6 is 34.8 Å². The third-order valence-electron chi connectivity index (χ3n) is 3.55. The van der Waals surface area contributed by atoms with Crippen molar-refractivity contribution in [3.63, 3.8) is 0 Å². The van der Waals surface area contributed by atoms with Crippen molar-refractivity contribution >= 4 is 45.6 Å². The molecular formula is C17H12Cl3NO2. The maximum absolute atomic E-state index is 6.45. The second-order valence-electron chi connectivity index (χ2n) is 4.85. The van der Waals surface area contributed by atoms with Crippen molar-refractivity contribution in [2.24, 2.45) is 0 Å². The molecule has 0 aliphatic heterocycles. The molecule has 0 unspecified atom stereocenters. The van der Waals surface area contributed by atoms with E-state index >= 15 is 0 Å². The molecule has 2 aromatic carbocycles.